The van der Waals surface area contributed by atoms with Gasteiger partial charge in [0, 0.05) is 13.0 Å². The van der Waals surface area contributed by atoms with Crippen molar-refractivity contribution in [1.29, 1.82) is 0 Å². The van der Waals surface area contributed by atoms with Crippen LogP contribution in [0.5, 0.6) is 0 Å². The number of carbonyl (C=O) groups excluding carboxylic acids is 1. The monoisotopic (exact) mass is 274 g/mol. The zero-order chi connectivity index (χ0) is 12.1. The van der Waals surface area contributed by atoms with Crippen molar-refractivity contribution in [3.05, 3.63) is 0 Å². The molecule has 0 unspecified atom stereocenters. The van der Waals surface area contributed by atoms with Gasteiger partial charge in [0.15, 0.2) is 0 Å². The Hall–Kier alpha value is -0.280. The molecule has 1 heterocycles. The van der Waals surface area contributed by atoms with Crippen LogP contribution < -0.4 is 10.6 Å². The highest BCUT2D eigenvalue weighted by atomic mass is 35.5. The van der Waals surface area contributed by atoms with E-state index in [1.165, 1.54) is 32.1 Å². The predicted octanol–water partition coefficient (Wildman–Crippen LogP) is 2.49. The first-order chi connectivity index (χ1) is 8.18. The highest BCUT2D eigenvalue weighted by molar-refractivity contribution is 5.85. The van der Waals surface area contributed by atoms with E-state index in [0.29, 0.717) is 5.41 Å². The second-order valence-electron chi connectivity index (χ2n) is 6.17. The number of piperidine rings is 1. The fourth-order valence-electron chi connectivity index (χ4n) is 2.72. The van der Waals surface area contributed by atoms with E-state index in [1.54, 1.807) is 0 Å². The molecule has 2 aliphatic rings. The molecule has 0 bridgehead atoms. The topological polar surface area (TPSA) is 41.1 Å². The van der Waals surface area contributed by atoms with Gasteiger partial charge in [0.2, 0.25) is 5.91 Å². The van der Waals surface area contributed by atoms with Crippen LogP contribution in [0.3, 0.4) is 0 Å². The second kappa shape index (κ2) is 7.34. The van der Waals surface area contributed by atoms with Crippen LogP contribution in [0.4, 0.5) is 0 Å². The highest BCUT2D eigenvalue weighted by Crippen LogP contribution is 2.30. The van der Waals surface area contributed by atoms with Crippen molar-refractivity contribution in [1.82, 2.24) is 10.6 Å². The SMILES string of the molecule is CC1(CNC(=O)CCC2CCC2)CCNCC1.Cl. The summed E-state index contributed by atoms with van der Waals surface area (Å²) in [4.78, 5) is 11.7. The third-order valence-corrected chi connectivity index (χ3v) is 4.53. The lowest BCUT2D eigenvalue weighted by molar-refractivity contribution is -0.122. The molecule has 3 nitrogen and oxygen atoms in total. The maximum absolute atomic E-state index is 11.7. The minimum Gasteiger partial charge on any atom is -0.356 e. The van der Waals surface area contributed by atoms with Gasteiger partial charge in [-0.25, -0.2) is 0 Å². The van der Waals surface area contributed by atoms with Crippen LogP contribution >= 0.6 is 12.4 Å². The molecule has 1 aliphatic heterocycles. The van der Waals surface area contributed by atoms with Crippen LogP contribution in [0.15, 0.2) is 0 Å². The molecule has 0 aromatic carbocycles. The first-order valence-electron chi connectivity index (χ1n) is 7.15. The smallest absolute Gasteiger partial charge is 0.220 e. The molecular weight excluding hydrogens is 248 g/mol. The van der Waals surface area contributed by atoms with Gasteiger partial charge >= 0.3 is 0 Å². The van der Waals surface area contributed by atoms with Crippen molar-refractivity contribution < 1.29 is 4.79 Å². The van der Waals surface area contributed by atoms with Gasteiger partial charge in [-0.05, 0) is 43.7 Å². The van der Waals surface area contributed by atoms with E-state index in [2.05, 4.69) is 17.6 Å². The van der Waals surface area contributed by atoms with Crippen LogP contribution in [0.2, 0.25) is 0 Å². The average molecular weight is 275 g/mol. The summed E-state index contributed by atoms with van der Waals surface area (Å²) in [6.45, 7) is 5.33. The maximum atomic E-state index is 11.7. The minimum absolute atomic E-state index is 0. The first-order valence-corrected chi connectivity index (χ1v) is 7.15. The number of hydrogen-bond acceptors (Lipinski definition) is 2. The van der Waals surface area contributed by atoms with Crippen molar-refractivity contribution in [3.8, 4) is 0 Å². The third-order valence-electron chi connectivity index (χ3n) is 4.53. The molecule has 0 atom stereocenters. The Bertz CT molecular complexity index is 261. The van der Waals surface area contributed by atoms with Gasteiger partial charge in [-0.1, -0.05) is 26.2 Å². The molecule has 0 aromatic heterocycles. The minimum atomic E-state index is 0. The fraction of sp³-hybridized carbons (Fsp3) is 0.929. The average Bonchev–Trinajstić information content (AvgIpc) is 2.26. The molecule has 2 fully saturated rings. The lowest BCUT2D eigenvalue weighted by Crippen LogP contribution is -2.42. The summed E-state index contributed by atoms with van der Waals surface area (Å²) in [7, 11) is 0. The van der Waals surface area contributed by atoms with Crippen LogP contribution in [-0.4, -0.2) is 25.5 Å². The number of hydrogen-bond donors (Lipinski definition) is 2. The van der Waals surface area contributed by atoms with E-state index in [1.807, 2.05) is 0 Å². The maximum Gasteiger partial charge on any atom is 0.220 e. The number of nitrogens with one attached hydrogen (secondary N) is 2. The van der Waals surface area contributed by atoms with Crippen LogP contribution in [0, 0.1) is 11.3 Å². The molecule has 0 radical (unpaired) electrons. The molecule has 1 amide bonds. The van der Waals surface area contributed by atoms with Crippen molar-refractivity contribution in [2.24, 2.45) is 11.3 Å². The molecule has 2 N–H and O–H groups in total. The lowest BCUT2D eigenvalue weighted by atomic mass is 9.80. The van der Waals surface area contributed by atoms with E-state index in [0.717, 1.165) is 38.4 Å². The lowest BCUT2D eigenvalue weighted by Gasteiger charge is -2.34. The quantitative estimate of drug-likeness (QED) is 0.809. The molecule has 4 heteroatoms. The van der Waals surface area contributed by atoms with Crippen molar-refractivity contribution in [3.63, 3.8) is 0 Å². The number of carbonyl (C=O) groups is 1. The van der Waals surface area contributed by atoms with Gasteiger partial charge in [-0.2, -0.15) is 0 Å². The second-order valence-corrected chi connectivity index (χ2v) is 6.17. The molecule has 18 heavy (non-hydrogen) atoms. The third kappa shape index (κ3) is 4.77. The Kier molecular flexibility index (Phi) is 6.44. The normalized spacial score (nSPS) is 22.7. The Labute approximate surface area is 117 Å². The van der Waals surface area contributed by atoms with Gasteiger partial charge in [-0.3, -0.25) is 4.79 Å². The van der Waals surface area contributed by atoms with Gasteiger partial charge in [-0.15, -0.1) is 12.4 Å². The van der Waals surface area contributed by atoms with E-state index in [-0.39, 0.29) is 18.3 Å². The molecule has 1 saturated heterocycles. The van der Waals surface area contributed by atoms with Crippen molar-refractivity contribution in [2.75, 3.05) is 19.6 Å². The summed E-state index contributed by atoms with van der Waals surface area (Å²) in [5, 5.41) is 6.50. The van der Waals surface area contributed by atoms with Gasteiger partial charge in [0.05, 0.1) is 0 Å². The highest BCUT2D eigenvalue weighted by Gasteiger charge is 2.27. The fourth-order valence-corrected chi connectivity index (χ4v) is 2.72. The first kappa shape index (κ1) is 15.8. The molecule has 0 spiro atoms. The summed E-state index contributed by atoms with van der Waals surface area (Å²) in [5.74, 6) is 1.10. The molecule has 1 aliphatic carbocycles. The van der Waals surface area contributed by atoms with Crippen LogP contribution in [0.1, 0.15) is 51.9 Å². The summed E-state index contributed by atoms with van der Waals surface area (Å²) >= 11 is 0. The standard InChI is InChI=1S/C14H26N2O.ClH/c1-14(7-9-15-10-8-14)11-16-13(17)6-5-12-3-2-4-12;/h12,15H,2-11H2,1H3,(H,16,17);1H. The molecule has 1 saturated carbocycles. The largest absolute Gasteiger partial charge is 0.356 e. The molecular formula is C14H27ClN2O. The summed E-state index contributed by atoms with van der Waals surface area (Å²) < 4.78 is 0. The van der Waals surface area contributed by atoms with E-state index in [4.69, 9.17) is 0 Å². The van der Waals surface area contributed by atoms with Crippen molar-refractivity contribution in [2.45, 2.75) is 51.9 Å². The van der Waals surface area contributed by atoms with Crippen molar-refractivity contribution >= 4 is 18.3 Å². The predicted molar refractivity (Wildman–Crippen MR) is 77.0 cm³/mol. The van der Waals surface area contributed by atoms with Crippen LogP contribution in [0.25, 0.3) is 0 Å². The van der Waals surface area contributed by atoms with Crippen LogP contribution in [-0.2, 0) is 4.79 Å². The van der Waals surface area contributed by atoms with Gasteiger partial charge < -0.3 is 10.6 Å². The molecule has 0 aromatic rings. The van der Waals surface area contributed by atoms with Gasteiger partial charge in [0.1, 0.15) is 0 Å². The Morgan fingerprint density at radius 2 is 2.00 bits per heavy atom. The molecule has 106 valence electrons. The van der Waals surface area contributed by atoms with E-state index < -0.39 is 0 Å². The number of rotatable bonds is 5. The summed E-state index contributed by atoms with van der Waals surface area (Å²) in [6.07, 6.45) is 8.25. The van der Waals surface area contributed by atoms with E-state index in [9.17, 15) is 4.79 Å². The number of halogens is 1. The Morgan fingerprint density at radius 3 is 2.56 bits per heavy atom. The number of amides is 1. The Balaban J connectivity index is 0.00000162. The van der Waals surface area contributed by atoms with E-state index >= 15 is 0 Å². The summed E-state index contributed by atoms with van der Waals surface area (Å²) in [6, 6.07) is 0. The molecule has 2 rings (SSSR count). The zero-order valence-electron chi connectivity index (χ0n) is 11.5. The Morgan fingerprint density at radius 1 is 1.33 bits per heavy atom. The summed E-state index contributed by atoms with van der Waals surface area (Å²) in [5.41, 5.74) is 0.317. The van der Waals surface area contributed by atoms with Gasteiger partial charge in [0.25, 0.3) is 0 Å². The zero-order valence-corrected chi connectivity index (χ0v) is 12.3.